The zero-order chi connectivity index (χ0) is 14.9. The second kappa shape index (κ2) is 5.26. The molecule has 0 bridgehead atoms. The molecule has 1 aromatic rings. The molecule has 1 aliphatic rings. The van der Waals surface area contributed by atoms with Crippen LogP contribution in [0.3, 0.4) is 0 Å². The van der Waals surface area contributed by atoms with Crippen LogP contribution in [0.15, 0.2) is 6.33 Å². The Bertz CT molecular complexity index is 511. The summed E-state index contributed by atoms with van der Waals surface area (Å²) in [7, 11) is 1.73. The van der Waals surface area contributed by atoms with Crippen molar-refractivity contribution in [3.05, 3.63) is 17.7 Å². The molecule has 2 N–H and O–H groups in total. The van der Waals surface area contributed by atoms with E-state index in [1.807, 2.05) is 0 Å². The van der Waals surface area contributed by atoms with Gasteiger partial charge in [0.2, 0.25) is 0 Å². The van der Waals surface area contributed by atoms with Crippen molar-refractivity contribution < 1.29 is 14.7 Å². The molecule has 2 rings (SSSR count). The molecule has 0 saturated heterocycles. The first-order valence-electron chi connectivity index (χ1n) is 6.85. The zero-order valence-corrected chi connectivity index (χ0v) is 12.1. The number of carboxylic acid groups (broad SMARTS) is 1. The Kier molecular flexibility index (Phi) is 3.83. The Morgan fingerprint density at radius 1 is 1.40 bits per heavy atom. The lowest BCUT2D eigenvalue weighted by Gasteiger charge is -2.38. The number of hydrogen-bond acceptors (Lipinski definition) is 3. The van der Waals surface area contributed by atoms with Crippen molar-refractivity contribution in [3.63, 3.8) is 0 Å². The largest absolute Gasteiger partial charge is 0.477 e. The predicted molar refractivity (Wildman–Crippen MR) is 73.7 cm³/mol. The topological polar surface area (TPSA) is 86.3 Å². The fourth-order valence-corrected chi connectivity index (χ4v) is 2.72. The molecule has 1 heterocycles. The monoisotopic (exact) mass is 279 g/mol. The number of hydrogen-bond donors (Lipinski definition) is 2. The minimum absolute atomic E-state index is 0.00941. The SMILES string of the molecule is CN(C(=O)c1nc[nH]c1C(=O)O)C1CCC(C)(C)CC1. The minimum Gasteiger partial charge on any atom is -0.477 e. The molecule has 1 amide bonds. The number of nitrogens with zero attached hydrogens (tertiary/aromatic N) is 2. The van der Waals surface area contributed by atoms with Crippen LogP contribution in [0, 0.1) is 5.41 Å². The molecule has 0 unspecified atom stereocenters. The van der Waals surface area contributed by atoms with E-state index in [0.29, 0.717) is 5.41 Å². The van der Waals surface area contributed by atoms with Gasteiger partial charge in [0.1, 0.15) is 0 Å². The predicted octanol–water partition coefficient (Wildman–Crippen LogP) is 2.15. The number of aromatic nitrogens is 2. The first-order valence-corrected chi connectivity index (χ1v) is 6.85. The fourth-order valence-electron chi connectivity index (χ4n) is 2.72. The van der Waals surface area contributed by atoms with E-state index in [9.17, 15) is 9.59 Å². The Morgan fingerprint density at radius 3 is 2.55 bits per heavy atom. The van der Waals surface area contributed by atoms with Gasteiger partial charge >= 0.3 is 5.97 Å². The van der Waals surface area contributed by atoms with Crippen LogP contribution in [0.4, 0.5) is 0 Å². The average molecular weight is 279 g/mol. The number of rotatable bonds is 3. The highest BCUT2D eigenvalue weighted by atomic mass is 16.4. The van der Waals surface area contributed by atoms with Gasteiger partial charge < -0.3 is 15.0 Å². The number of amides is 1. The maximum absolute atomic E-state index is 12.4. The van der Waals surface area contributed by atoms with Gasteiger partial charge in [-0.25, -0.2) is 9.78 Å². The van der Waals surface area contributed by atoms with E-state index in [4.69, 9.17) is 5.11 Å². The third-order valence-corrected chi connectivity index (χ3v) is 4.23. The van der Waals surface area contributed by atoms with E-state index in [2.05, 4.69) is 23.8 Å². The summed E-state index contributed by atoms with van der Waals surface area (Å²) in [4.78, 5) is 31.4. The second-order valence-corrected chi connectivity index (χ2v) is 6.24. The molecule has 1 aliphatic carbocycles. The summed E-state index contributed by atoms with van der Waals surface area (Å²) < 4.78 is 0. The summed E-state index contributed by atoms with van der Waals surface area (Å²) in [6.45, 7) is 4.47. The molecule has 0 spiro atoms. The molecule has 110 valence electrons. The minimum atomic E-state index is -1.16. The van der Waals surface area contributed by atoms with Crippen molar-refractivity contribution in [1.82, 2.24) is 14.9 Å². The van der Waals surface area contributed by atoms with Crippen LogP contribution >= 0.6 is 0 Å². The number of nitrogens with one attached hydrogen (secondary N) is 1. The molecular formula is C14H21N3O3. The van der Waals surface area contributed by atoms with Gasteiger partial charge in [0, 0.05) is 13.1 Å². The highest BCUT2D eigenvalue weighted by Gasteiger charge is 2.32. The number of aromatic carboxylic acids is 1. The zero-order valence-electron chi connectivity index (χ0n) is 12.1. The fraction of sp³-hybridized carbons (Fsp3) is 0.643. The number of aromatic amines is 1. The number of carbonyl (C=O) groups is 2. The highest BCUT2D eigenvalue weighted by Crippen LogP contribution is 2.36. The van der Waals surface area contributed by atoms with E-state index in [1.54, 1.807) is 11.9 Å². The van der Waals surface area contributed by atoms with Crippen molar-refractivity contribution in [2.75, 3.05) is 7.05 Å². The standard InChI is InChI=1S/C14H21N3O3/c1-14(2)6-4-9(5-7-14)17(3)12(18)10-11(13(19)20)16-8-15-10/h8-9H,4-7H2,1-3H3,(H,15,16)(H,19,20). The molecule has 0 aromatic carbocycles. The van der Waals surface area contributed by atoms with Crippen LogP contribution in [0.25, 0.3) is 0 Å². The normalized spacial score (nSPS) is 18.8. The van der Waals surface area contributed by atoms with Crippen LogP contribution in [0.2, 0.25) is 0 Å². The molecule has 0 aliphatic heterocycles. The number of imidazole rings is 1. The van der Waals surface area contributed by atoms with Crippen LogP contribution in [-0.2, 0) is 0 Å². The van der Waals surface area contributed by atoms with E-state index in [0.717, 1.165) is 25.7 Å². The first kappa shape index (κ1) is 14.6. The lowest BCUT2D eigenvalue weighted by molar-refractivity contribution is 0.0609. The summed E-state index contributed by atoms with van der Waals surface area (Å²) >= 11 is 0. The maximum atomic E-state index is 12.4. The van der Waals surface area contributed by atoms with Crippen molar-refractivity contribution >= 4 is 11.9 Å². The number of carbonyl (C=O) groups excluding carboxylic acids is 1. The smallest absolute Gasteiger partial charge is 0.354 e. The maximum Gasteiger partial charge on any atom is 0.354 e. The Balaban J connectivity index is 2.09. The van der Waals surface area contributed by atoms with Gasteiger partial charge in [0.05, 0.1) is 6.33 Å². The third-order valence-electron chi connectivity index (χ3n) is 4.23. The highest BCUT2D eigenvalue weighted by molar-refractivity contribution is 6.02. The molecule has 6 heteroatoms. The quantitative estimate of drug-likeness (QED) is 0.887. The van der Waals surface area contributed by atoms with Crippen LogP contribution in [0.1, 0.15) is 60.5 Å². The average Bonchev–Trinajstić information content (AvgIpc) is 2.86. The van der Waals surface area contributed by atoms with Gasteiger partial charge in [-0.15, -0.1) is 0 Å². The molecule has 20 heavy (non-hydrogen) atoms. The summed E-state index contributed by atoms with van der Waals surface area (Å²) in [5.74, 6) is -1.49. The summed E-state index contributed by atoms with van der Waals surface area (Å²) in [5.41, 5.74) is 0.182. The summed E-state index contributed by atoms with van der Waals surface area (Å²) in [5, 5.41) is 9.02. The van der Waals surface area contributed by atoms with Crippen LogP contribution < -0.4 is 0 Å². The molecular weight excluding hydrogens is 258 g/mol. The van der Waals surface area contributed by atoms with E-state index in [-0.39, 0.29) is 23.3 Å². The lowest BCUT2D eigenvalue weighted by Crippen LogP contribution is -2.41. The van der Waals surface area contributed by atoms with Gasteiger partial charge in [-0.3, -0.25) is 4.79 Å². The Hall–Kier alpha value is -1.85. The lowest BCUT2D eigenvalue weighted by atomic mass is 9.75. The van der Waals surface area contributed by atoms with E-state index < -0.39 is 5.97 Å². The number of carboxylic acids is 1. The van der Waals surface area contributed by atoms with Crippen molar-refractivity contribution in [2.24, 2.45) is 5.41 Å². The molecule has 1 fully saturated rings. The van der Waals surface area contributed by atoms with Crippen molar-refractivity contribution in [3.8, 4) is 0 Å². The van der Waals surface area contributed by atoms with Gasteiger partial charge in [-0.2, -0.15) is 0 Å². The van der Waals surface area contributed by atoms with E-state index in [1.165, 1.54) is 6.33 Å². The Labute approximate surface area is 118 Å². The summed E-state index contributed by atoms with van der Waals surface area (Å²) in [6, 6.07) is 0.161. The Morgan fingerprint density at radius 2 is 2.00 bits per heavy atom. The molecule has 1 aromatic heterocycles. The van der Waals surface area contributed by atoms with Crippen LogP contribution in [0.5, 0.6) is 0 Å². The van der Waals surface area contributed by atoms with Gasteiger partial charge in [0.15, 0.2) is 11.4 Å². The van der Waals surface area contributed by atoms with Crippen LogP contribution in [-0.4, -0.2) is 44.9 Å². The van der Waals surface area contributed by atoms with Gasteiger partial charge in [0.25, 0.3) is 5.91 Å². The summed E-state index contributed by atoms with van der Waals surface area (Å²) in [6.07, 6.45) is 5.28. The second-order valence-electron chi connectivity index (χ2n) is 6.24. The van der Waals surface area contributed by atoms with E-state index >= 15 is 0 Å². The van der Waals surface area contributed by atoms with Crippen molar-refractivity contribution in [2.45, 2.75) is 45.6 Å². The van der Waals surface area contributed by atoms with Gasteiger partial charge in [-0.1, -0.05) is 13.8 Å². The molecule has 0 radical (unpaired) electrons. The number of H-pyrrole nitrogens is 1. The third kappa shape index (κ3) is 2.84. The molecule has 0 atom stereocenters. The van der Waals surface area contributed by atoms with Crippen molar-refractivity contribution in [1.29, 1.82) is 0 Å². The first-order chi connectivity index (χ1) is 9.32. The van der Waals surface area contributed by atoms with Gasteiger partial charge in [-0.05, 0) is 31.1 Å². The molecule has 1 saturated carbocycles. The molecule has 6 nitrogen and oxygen atoms in total.